The van der Waals surface area contributed by atoms with Gasteiger partial charge in [0.2, 0.25) is 21.8 Å². The first-order valence-electron chi connectivity index (χ1n) is 10.6. The van der Waals surface area contributed by atoms with Crippen LogP contribution in [0.3, 0.4) is 0 Å². The molecule has 0 heterocycles. The SMILES string of the molecule is CCNC(=O)[C@H](CC)N(Cc1ccc(Cl)cc1Cl)C(=O)CN(c1cccc(OC)c1)S(C)(=O)=O. The molecule has 2 aromatic carbocycles. The van der Waals surface area contributed by atoms with Gasteiger partial charge in [-0.1, -0.05) is 42.3 Å². The van der Waals surface area contributed by atoms with E-state index < -0.39 is 28.5 Å². The summed E-state index contributed by atoms with van der Waals surface area (Å²) in [5.74, 6) is -0.453. The second-order valence-corrected chi connectivity index (χ2v) is 10.3. The second-order valence-electron chi connectivity index (χ2n) is 7.55. The van der Waals surface area contributed by atoms with E-state index in [0.29, 0.717) is 34.3 Å². The van der Waals surface area contributed by atoms with E-state index in [-0.39, 0.29) is 18.1 Å². The number of likely N-dealkylation sites (N-methyl/N-ethyl adjacent to an activating group) is 1. The van der Waals surface area contributed by atoms with Crippen LogP contribution in [0.5, 0.6) is 5.75 Å². The molecule has 0 fully saturated rings. The molecular formula is C23H29Cl2N3O5S. The van der Waals surface area contributed by atoms with Gasteiger partial charge in [0.25, 0.3) is 0 Å². The molecule has 0 radical (unpaired) electrons. The maximum Gasteiger partial charge on any atom is 0.244 e. The number of sulfonamides is 1. The number of amides is 2. The Balaban J connectivity index is 2.47. The Morgan fingerprint density at radius 2 is 1.82 bits per heavy atom. The summed E-state index contributed by atoms with van der Waals surface area (Å²) >= 11 is 12.3. The van der Waals surface area contributed by atoms with Crippen LogP contribution in [-0.2, 0) is 26.2 Å². The zero-order valence-corrected chi connectivity index (χ0v) is 21.9. The van der Waals surface area contributed by atoms with Crippen molar-refractivity contribution in [2.45, 2.75) is 32.9 Å². The number of nitrogens with one attached hydrogen (secondary N) is 1. The molecule has 0 saturated heterocycles. The molecule has 2 aromatic rings. The highest BCUT2D eigenvalue weighted by molar-refractivity contribution is 7.92. The molecule has 2 amide bonds. The van der Waals surface area contributed by atoms with Gasteiger partial charge >= 0.3 is 0 Å². The van der Waals surface area contributed by atoms with Crippen LogP contribution in [0.2, 0.25) is 10.0 Å². The number of halogens is 2. The molecule has 34 heavy (non-hydrogen) atoms. The molecule has 2 rings (SSSR count). The largest absolute Gasteiger partial charge is 0.497 e. The second kappa shape index (κ2) is 12.3. The van der Waals surface area contributed by atoms with E-state index in [0.717, 1.165) is 10.6 Å². The average molecular weight is 530 g/mol. The Morgan fingerprint density at radius 3 is 2.38 bits per heavy atom. The Morgan fingerprint density at radius 1 is 1.12 bits per heavy atom. The summed E-state index contributed by atoms with van der Waals surface area (Å²) in [4.78, 5) is 27.7. The van der Waals surface area contributed by atoms with Crippen molar-refractivity contribution in [3.8, 4) is 5.75 Å². The number of ether oxygens (including phenoxy) is 1. The van der Waals surface area contributed by atoms with E-state index in [2.05, 4.69) is 5.32 Å². The van der Waals surface area contributed by atoms with Crippen molar-refractivity contribution < 1.29 is 22.7 Å². The smallest absolute Gasteiger partial charge is 0.244 e. The molecule has 0 spiro atoms. The molecule has 0 bridgehead atoms. The molecule has 0 aliphatic carbocycles. The lowest BCUT2D eigenvalue weighted by atomic mass is 10.1. The number of rotatable bonds is 11. The van der Waals surface area contributed by atoms with Crippen LogP contribution in [0.15, 0.2) is 42.5 Å². The third-order valence-electron chi connectivity index (χ3n) is 5.11. The maximum atomic E-state index is 13.6. The van der Waals surface area contributed by atoms with Crippen LogP contribution < -0.4 is 14.4 Å². The van der Waals surface area contributed by atoms with E-state index >= 15 is 0 Å². The van der Waals surface area contributed by atoms with Gasteiger partial charge in [0.05, 0.1) is 19.1 Å². The van der Waals surface area contributed by atoms with Crippen LogP contribution in [0, 0.1) is 0 Å². The van der Waals surface area contributed by atoms with Crippen molar-refractivity contribution in [3.63, 3.8) is 0 Å². The van der Waals surface area contributed by atoms with Gasteiger partial charge in [0.1, 0.15) is 18.3 Å². The molecular weight excluding hydrogens is 501 g/mol. The van der Waals surface area contributed by atoms with Gasteiger partial charge in [0.15, 0.2) is 0 Å². The van der Waals surface area contributed by atoms with Crippen molar-refractivity contribution >= 4 is 50.7 Å². The van der Waals surface area contributed by atoms with Gasteiger partial charge < -0.3 is 15.0 Å². The summed E-state index contributed by atoms with van der Waals surface area (Å²) in [6.07, 6.45) is 1.34. The van der Waals surface area contributed by atoms with E-state index in [9.17, 15) is 18.0 Å². The van der Waals surface area contributed by atoms with Gasteiger partial charge in [-0.05, 0) is 43.2 Å². The van der Waals surface area contributed by atoms with Crippen LogP contribution in [0.4, 0.5) is 5.69 Å². The summed E-state index contributed by atoms with van der Waals surface area (Å²) in [5, 5.41) is 3.51. The molecule has 186 valence electrons. The lowest BCUT2D eigenvalue weighted by Crippen LogP contribution is -2.52. The predicted octanol–water partition coefficient (Wildman–Crippen LogP) is 3.71. The highest BCUT2D eigenvalue weighted by Gasteiger charge is 2.32. The van der Waals surface area contributed by atoms with Gasteiger partial charge in [-0.2, -0.15) is 0 Å². The molecule has 0 saturated carbocycles. The van der Waals surface area contributed by atoms with Gasteiger partial charge in [0, 0.05) is 29.2 Å². The van der Waals surface area contributed by atoms with E-state index in [1.165, 1.54) is 18.1 Å². The van der Waals surface area contributed by atoms with Gasteiger partial charge in [-0.25, -0.2) is 8.42 Å². The van der Waals surface area contributed by atoms with Crippen molar-refractivity contribution in [3.05, 3.63) is 58.1 Å². The van der Waals surface area contributed by atoms with Crippen LogP contribution in [0.25, 0.3) is 0 Å². The molecule has 0 aliphatic heterocycles. The summed E-state index contributed by atoms with van der Waals surface area (Å²) in [6, 6.07) is 10.4. The number of nitrogens with zero attached hydrogens (tertiary/aromatic N) is 2. The molecule has 1 N–H and O–H groups in total. The fourth-order valence-corrected chi connectivity index (χ4v) is 4.73. The Kier molecular flexibility index (Phi) is 10.0. The maximum absolute atomic E-state index is 13.6. The monoisotopic (exact) mass is 529 g/mol. The molecule has 0 aromatic heterocycles. The number of methoxy groups -OCH3 is 1. The average Bonchev–Trinajstić information content (AvgIpc) is 2.78. The van der Waals surface area contributed by atoms with Crippen LogP contribution >= 0.6 is 23.2 Å². The van der Waals surface area contributed by atoms with Crippen LogP contribution in [0.1, 0.15) is 25.8 Å². The Bertz CT molecular complexity index is 1130. The summed E-state index contributed by atoms with van der Waals surface area (Å²) in [5.41, 5.74) is 0.847. The molecule has 0 unspecified atom stereocenters. The minimum absolute atomic E-state index is 0.000188. The molecule has 1 atom stereocenters. The zero-order valence-electron chi connectivity index (χ0n) is 19.5. The molecule has 0 aliphatic rings. The van der Waals surface area contributed by atoms with Gasteiger partial charge in [-0.15, -0.1) is 0 Å². The first kappa shape index (κ1) is 27.8. The van der Waals surface area contributed by atoms with Gasteiger partial charge in [-0.3, -0.25) is 13.9 Å². The lowest BCUT2D eigenvalue weighted by molar-refractivity contribution is -0.140. The zero-order chi connectivity index (χ0) is 25.5. The minimum atomic E-state index is -3.83. The van der Waals surface area contributed by atoms with E-state index in [4.69, 9.17) is 27.9 Å². The number of carbonyl (C=O) groups is 2. The lowest BCUT2D eigenvalue weighted by Gasteiger charge is -2.33. The summed E-state index contributed by atoms with van der Waals surface area (Å²) in [7, 11) is -2.37. The minimum Gasteiger partial charge on any atom is -0.497 e. The number of hydrogen-bond donors (Lipinski definition) is 1. The van der Waals surface area contributed by atoms with E-state index in [1.807, 2.05) is 0 Å². The highest BCUT2D eigenvalue weighted by Crippen LogP contribution is 2.26. The first-order chi connectivity index (χ1) is 16.0. The normalized spacial score (nSPS) is 12.1. The quantitative estimate of drug-likeness (QED) is 0.478. The fraction of sp³-hybridized carbons (Fsp3) is 0.391. The summed E-state index contributed by atoms with van der Waals surface area (Å²) in [6.45, 7) is 3.44. The number of anilines is 1. The first-order valence-corrected chi connectivity index (χ1v) is 13.2. The molecule has 11 heteroatoms. The van der Waals surface area contributed by atoms with Crippen molar-refractivity contribution in [1.29, 1.82) is 0 Å². The Hall–Kier alpha value is -2.49. The topological polar surface area (TPSA) is 96.0 Å². The number of hydrogen-bond acceptors (Lipinski definition) is 5. The van der Waals surface area contributed by atoms with Crippen LogP contribution in [-0.4, -0.2) is 57.6 Å². The third-order valence-corrected chi connectivity index (χ3v) is 6.84. The van der Waals surface area contributed by atoms with Crippen molar-refractivity contribution in [1.82, 2.24) is 10.2 Å². The number of carbonyl (C=O) groups excluding carboxylic acids is 2. The van der Waals surface area contributed by atoms with Crippen molar-refractivity contribution in [2.24, 2.45) is 0 Å². The standard InChI is InChI=1S/C23H29Cl2N3O5S/c1-5-21(23(30)26-6-2)27(14-16-10-11-17(24)12-20(16)25)22(29)15-28(34(4,31)32)18-8-7-9-19(13-18)33-3/h7-13,21H,5-6,14-15H2,1-4H3,(H,26,30)/t21-/m0/s1. The Labute approximate surface area is 210 Å². The third kappa shape index (κ3) is 7.25. The van der Waals surface area contributed by atoms with E-state index in [1.54, 1.807) is 50.2 Å². The summed E-state index contributed by atoms with van der Waals surface area (Å²) < 4.78 is 31.4. The molecule has 8 nitrogen and oxygen atoms in total. The highest BCUT2D eigenvalue weighted by atomic mass is 35.5. The van der Waals surface area contributed by atoms with Crippen molar-refractivity contribution in [2.75, 3.05) is 30.8 Å². The number of benzene rings is 2. The fourth-order valence-electron chi connectivity index (χ4n) is 3.42. The predicted molar refractivity (Wildman–Crippen MR) is 135 cm³/mol.